The zero-order valence-corrected chi connectivity index (χ0v) is 8.10. The maximum absolute atomic E-state index is 7.50. The normalized spacial score (nSPS) is 0.923. The van der Waals surface area contributed by atoms with Crippen LogP contribution < -0.4 is 0 Å². The van der Waals surface area contributed by atoms with Crippen molar-refractivity contribution in [2.24, 2.45) is 0 Å². The van der Waals surface area contributed by atoms with Crippen LogP contribution in [0.5, 0.6) is 0 Å². The van der Waals surface area contributed by atoms with Gasteiger partial charge in [0.25, 0.3) is 0 Å². The van der Waals surface area contributed by atoms with Crippen molar-refractivity contribution in [2.45, 2.75) is 0 Å². The van der Waals surface area contributed by atoms with E-state index in [0.29, 0.717) is 0 Å². The molecule has 6 nitrogen and oxygen atoms in total. The van der Waals surface area contributed by atoms with Gasteiger partial charge in [-0.05, 0) is 0 Å². The van der Waals surface area contributed by atoms with E-state index in [0.717, 1.165) is 0 Å². The molecule has 7 heteroatoms. The fourth-order valence-corrected chi connectivity index (χ4v) is 0. The number of rotatable bonds is 0. The van der Waals surface area contributed by atoms with Crippen molar-refractivity contribution in [2.75, 3.05) is 0 Å². The topological polar surface area (TPSA) is 119 Å². The van der Waals surface area contributed by atoms with Crippen LogP contribution in [0.1, 0.15) is 0 Å². The molecule has 0 saturated heterocycles. The summed E-state index contributed by atoms with van der Waals surface area (Å²) in [5, 5.41) is 0. The summed E-state index contributed by atoms with van der Waals surface area (Å²) in [6.07, 6.45) is 0. The first-order valence-corrected chi connectivity index (χ1v) is 1.22. The summed E-state index contributed by atoms with van der Waals surface area (Å²) in [6, 6.07) is 0. The maximum Gasteiger partial charge on any atom is -1.00 e. The molecular weight excluding hydrogens is 261 g/mol. The molecule has 0 aliphatic rings. The van der Waals surface area contributed by atoms with Crippen molar-refractivity contribution in [1.29, 1.82) is 0 Å². The predicted octanol–water partition coefficient (Wildman–Crippen LogP) is -0.228. The fraction of sp³-hybridized carbons (Fsp3) is 0. The van der Waals surface area contributed by atoms with Crippen molar-refractivity contribution in [3.05, 3.63) is 39.9 Å². The van der Waals surface area contributed by atoms with E-state index in [-0.39, 0.29) is 22.4 Å². The molecule has 0 heterocycles. The quantitative estimate of drug-likeness (QED) is 0.325. The van der Waals surface area contributed by atoms with Crippen LogP contribution >= 0.6 is 0 Å². The molecule has 0 fully saturated rings. The molecule has 0 radical (unpaired) electrons. The van der Waals surface area contributed by atoms with E-state index in [4.69, 9.17) is 27.9 Å². The van der Waals surface area contributed by atoms with Crippen LogP contribution in [0.25, 0.3) is 0 Å². The molecular formula is C6NbO6-. The molecule has 0 aliphatic carbocycles. The van der Waals surface area contributed by atoms with Gasteiger partial charge in [0.2, 0.25) is 0 Å². The standard InChI is InChI=1S/6CO.Nb/c6*1-2;/q;;;;;;-1. The molecule has 66 valence electrons. The first-order chi connectivity index (χ1) is 6.00. The Morgan fingerprint density at radius 3 is 0.308 bits per heavy atom. The molecule has 0 amide bonds. The van der Waals surface area contributed by atoms with Crippen LogP contribution in [0, 0.1) is 39.9 Å². The SMILES string of the molecule is [C-]#[O+].[C-]#[O+].[C-]#[O+].[C-]#[O+].[C-]#[O+].[C-]#[O+].[Nb-]. The molecule has 0 aromatic carbocycles. The molecule has 13 heavy (non-hydrogen) atoms. The van der Waals surface area contributed by atoms with Crippen LogP contribution in [-0.4, -0.2) is 0 Å². The van der Waals surface area contributed by atoms with Crippen LogP contribution in [0.2, 0.25) is 0 Å². The van der Waals surface area contributed by atoms with Gasteiger partial charge in [-0.2, -0.15) is 0 Å². The summed E-state index contributed by atoms with van der Waals surface area (Å²) in [6.45, 7) is 27.0. The Kier molecular flexibility index (Phi) is 7530. The minimum Gasteiger partial charge on any atom is -1.00 e. The number of hydrogen-bond donors (Lipinski definition) is 0. The molecule has 0 bridgehead atoms. The Balaban J connectivity index is -0.00000000655. The third-order valence-electron chi connectivity index (χ3n) is 0. The fourth-order valence-electron chi connectivity index (χ4n) is 0. The van der Waals surface area contributed by atoms with Gasteiger partial charge in [0.05, 0.1) is 0 Å². The van der Waals surface area contributed by atoms with E-state index in [2.05, 4.69) is 39.9 Å². The third-order valence-corrected chi connectivity index (χ3v) is 0. The van der Waals surface area contributed by atoms with Crippen molar-refractivity contribution < 1.29 is 50.3 Å². The van der Waals surface area contributed by atoms with Crippen molar-refractivity contribution in [3.63, 3.8) is 0 Å². The Labute approximate surface area is 90.5 Å². The third kappa shape index (κ3) is 1400. The molecule has 0 aromatic heterocycles. The summed E-state index contributed by atoms with van der Waals surface area (Å²) in [5.41, 5.74) is 0. The van der Waals surface area contributed by atoms with E-state index in [1.807, 2.05) is 0 Å². The van der Waals surface area contributed by atoms with E-state index in [1.165, 1.54) is 0 Å². The maximum atomic E-state index is 7.50. The Morgan fingerprint density at radius 2 is 0.308 bits per heavy atom. The van der Waals surface area contributed by atoms with Gasteiger partial charge in [-0.1, -0.05) is 0 Å². The van der Waals surface area contributed by atoms with E-state index >= 15 is 0 Å². The average molecular weight is 261 g/mol. The Morgan fingerprint density at radius 1 is 0.308 bits per heavy atom. The van der Waals surface area contributed by atoms with Crippen LogP contribution in [0.15, 0.2) is 0 Å². The summed E-state index contributed by atoms with van der Waals surface area (Å²) < 4.78 is 45.0. The van der Waals surface area contributed by atoms with Gasteiger partial charge in [0, 0.05) is 0 Å². The molecule has 0 unspecified atom stereocenters. The number of hydrogen-bond acceptors (Lipinski definition) is 0. The summed E-state index contributed by atoms with van der Waals surface area (Å²) in [5.74, 6) is 0. The van der Waals surface area contributed by atoms with E-state index in [1.54, 1.807) is 0 Å². The first-order valence-electron chi connectivity index (χ1n) is 1.22. The second-order valence-corrected chi connectivity index (χ2v) is 0. The average Bonchev–Trinajstić information content (AvgIpc) is 2.33. The molecule has 0 atom stereocenters. The molecule has 0 N–H and O–H groups in total. The van der Waals surface area contributed by atoms with Gasteiger partial charge in [-0.25, -0.2) is 0 Å². The van der Waals surface area contributed by atoms with Gasteiger partial charge in [-0.15, -0.1) is 0 Å². The van der Waals surface area contributed by atoms with Crippen molar-refractivity contribution >= 4 is 0 Å². The molecule has 0 saturated carbocycles. The predicted molar refractivity (Wildman–Crippen MR) is 23.6 cm³/mol. The summed E-state index contributed by atoms with van der Waals surface area (Å²) in [7, 11) is 0. The van der Waals surface area contributed by atoms with Gasteiger partial charge in [0.15, 0.2) is 0 Å². The first kappa shape index (κ1) is 56.7. The van der Waals surface area contributed by atoms with Crippen LogP contribution in [-0.2, 0) is 50.3 Å². The van der Waals surface area contributed by atoms with E-state index in [9.17, 15) is 0 Å². The zero-order valence-electron chi connectivity index (χ0n) is 5.90. The van der Waals surface area contributed by atoms with Crippen LogP contribution in [0.4, 0.5) is 0 Å². The molecule has 0 rings (SSSR count). The minimum absolute atomic E-state index is 0. The Bertz CT molecular complexity index is 92.1. The van der Waals surface area contributed by atoms with Gasteiger partial charge in [-0.3, -0.25) is 0 Å². The second-order valence-electron chi connectivity index (χ2n) is 0. The molecule has 0 spiro atoms. The summed E-state index contributed by atoms with van der Waals surface area (Å²) >= 11 is 0. The van der Waals surface area contributed by atoms with Crippen molar-refractivity contribution in [3.8, 4) is 0 Å². The smallest absolute Gasteiger partial charge is 1.00 e. The largest absolute Gasteiger partial charge is 1.00 e. The van der Waals surface area contributed by atoms with Crippen molar-refractivity contribution in [1.82, 2.24) is 0 Å². The Hall–Kier alpha value is -0.820. The zero-order chi connectivity index (χ0) is 12.0. The molecule has 0 aromatic rings. The van der Waals surface area contributed by atoms with E-state index < -0.39 is 0 Å². The summed E-state index contributed by atoms with van der Waals surface area (Å²) in [4.78, 5) is 0. The monoisotopic (exact) mass is 261 g/mol. The molecule has 0 aliphatic heterocycles. The second kappa shape index (κ2) is 1720. The van der Waals surface area contributed by atoms with Gasteiger partial charge < -0.3 is 22.4 Å². The minimum atomic E-state index is 0. The van der Waals surface area contributed by atoms with Crippen LogP contribution in [0.3, 0.4) is 0 Å². The van der Waals surface area contributed by atoms with Gasteiger partial charge >= 0.3 is 67.8 Å². The van der Waals surface area contributed by atoms with Gasteiger partial charge in [0.1, 0.15) is 0 Å².